The van der Waals surface area contributed by atoms with Crippen LogP contribution in [0.2, 0.25) is 0 Å². The zero-order valence-electron chi connectivity index (χ0n) is 9.74. The molecule has 0 radical (unpaired) electrons. The number of anilines is 1. The molecule has 0 fully saturated rings. The molecule has 2 aromatic carbocycles. The molecule has 0 aromatic heterocycles. The maximum Gasteiger partial charge on any atom is 0.146 e. The SMILES string of the molecule is NCC(Nc1ccccc1F)c1ccccc1Br. The maximum atomic E-state index is 13.6. The van der Waals surface area contributed by atoms with E-state index < -0.39 is 0 Å². The molecule has 18 heavy (non-hydrogen) atoms. The molecule has 2 nitrogen and oxygen atoms in total. The average Bonchev–Trinajstić information content (AvgIpc) is 2.39. The number of nitrogens with two attached hydrogens (primary N) is 1. The van der Waals surface area contributed by atoms with Gasteiger partial charge >= 0.3 is 0 Å². The number of hydrogen-bond acceptors (Lipinski definition) is 2. The third-order valence-electron chi connectivity index (χ3n) is 2.72. The van der Waals surface area contributed by atoms with E-state index in [9.17, 15) is 4.39 Å². The molecule has 0 amide bonds. The molecule has 0 aliphatic carbocycles. The lowest BCUT2D eigenvalue weighted by atomic mass is 10.1. The fraction of sp³-hybridized carbons (Fsp3) is 0.143. The van der Waals surface area contributed by atoms with Crippen LogP contribution in [0.25, 0.3) is 0 Å². The Morgan fingerprint density at radius 1 is 1.11 bits per heavy atom. The zero-order chi connectivity index (χ0) is 13.0. The van der Waals surface area contributed by atoms with E-state index in [2.05, 4.69) is 21.2 Å². The van der Waals surface area contributed by atoms with Gasteiger partial charge in [-0.05, 0) is 23.8 Å². The number of rotatable bonds is 4. The van der Waals surface area contributed by atoms with Crippen molar-refractivity contribution in [2.75, 3.05) is 11.9 Å². The molecule has 2 rings (SSSR count). The quantitative estimate of drug-likeness (QED) is 0.904. The summed E-state index contributed by atoms with van der Waals surface area (Å²) in [4.78, 5) is 0. The van der Waals surface area contributed by atoms with Gasteiger partial charge in [-0.3, -0.25) is 0 Å². The third kappa shape index (κ3) is 2.89. The van der Waals surface area contributed by atoms with Gasteiger partial charge in [0.05, 0.1) is 11.7 Å². The predicted molar refractivity (Wildman–Crippen MR) is 76.0 cm³/mol. The summed E-state index contributed by atoms with van der Waals surface area (Å²) in [7, 11) is 0. The van der Waals surface area contributed by atoms with E-state index in [1.807, 2.05) is 24.3 Å². The highest BCUT2D eigenvalue weighted by molar-refractivity contribution is 9.10. The second kappa shape index (κ2) is 5.98. The van der Waals surface area contributed by atoms with Gasteiger partial charge in [0.15, 0.2) is 0 Å². The van der Waals surface area contributed by atoms with Crippen molar-refractivity contribution in [3.63, 3.8) is 0 Å². The van der Waals surface area contributed by atoms with Gasteiger partial charge in [0.2, 0.25) is 0 Å². The number of benzene rings is 2. The smallest absolute Gasteiger partial charge is 0.146 e. The van der Waals surface area contributed by atoms with Gasteiger partial charge in [0, 0.05) is 11.0 Å². The van der Waals surface area contributed by atoms with E-state index in [1.165, 1.54) is 6.07 Å². The van der Waals surface area contributed by atoms with Gasteiger partial charge < -0.3 is 11.1 Å². The maximum absolute atomic E-state index is 13.6. The van der Waals surface area contributed by atoms with Gasteiger partial charge in [-0.1, -0.05) is 46.3 Å². The summed E-state index contributed by atoms with van der Waals surface area (Å²) in [5.74, 6) is -0.275. The Kier molecular flexibility index (Phi) is 4.33. The summed E-state index contributed by atoms with van der Waals surface area (Å²) in [6, 6.07) is 14.2. The Morgan fingerprint density at radius 2 is 1.78 bits per heavy atom. The summed E-state index contributed by atoms with van der Waals surface area (Å²) in [6.07, 6.45) is 0. The van der Waals surface area contributed by atoms with Crippen LogP contribution in [0.4, 0.5) is 10.1 Å². The van der Waals surface area contributed by atoms with Crippen molar-refractivity contribution in [3.8, 4) is 0 Å². The van der Waals surface area contributed by atoms with E-state index >= 15 is 0 Å². The van der Waals surface area contributed by atoms with E-state index in [-0.39, 0.29) is 11.9 Å². The van der Waals surface area contributed by atoms with Crippen molar-refractivity contribution < 1.29 is 4.39 Å². The molecule has 94 valence electrons. The van der Waals surface area contributed by atoms with Crippen molar-refractivity contribution in [1.82, 2.24) is 0 Å². The fourth-order valence-electron chi connectivity index (χ4n) is 1.79. The lowest BCUT2D eigenvalue weighted by Gasteiger charge is -2.20. The van der Waals surface area contributed by atoms with Crippen LogP contribution >= 0.6 is 15.9 Å². The molecule has 0 bridgehead atoms. The minimum absolute atomic E-state index is 0.127. The van der Waals surface area contributed by atoms with Crippen LogP contribution in [0.1, 0.15) is 11.6 Å². The molecule has 0 saturated heterocycles. The van der Waals surface area contributed by atoms with Crippen LogP contribution in [0, 0.1) is 5.82 Å². The zero-order valence-corrected chi connectivity index (χ0v) is 11.3. The largest absolute Gasteiger partial charge is 0.375 e. The highest BCUT2D eigenvalue weighted by Crippen LogP contribution is 2.26. The molecule has 2 aromatic rings. The normalized spacial score (nSPS) is 12.2. The summed E-state index contributed by atoms with van der Waals surface area (Å²) >= 11 is 3.48. The Labute approximate surface area is 114 Å². The number of para-hydroxylation sites is 1. The Bertz CT molecular complexity index is 531. The van der Waals surface area contributed by atoms with Gasteiger partial charge in [0.25, 0.3) is 0 Å². The molecule has 0 aliphatic rings. The minimum Gasteiger partial charge on any atom is -0.375 e. The Balaban J connectivity index is 2.26. The second-order valence-electron chi connectivity index (χ2n) is 3.93. The van der Waals surface area contributed by atoms with Crippen LogP contribution < -0.4 is 11.1 Å². The van der Waals surface area contributed by atoms with Crippen molar-refractivity contribution in [3.05, 3.63) is 64.4 Å². The van der Waals surface area contributed by atoms with Crippen LogP contribution in [-0.2, 0) is 0 Å². The van der Waals surface area contributed by atoms with Crippen molar-refractivity contribution >= 4 is 21.6 Å². The summed E-state index contributed by atoms with van der Waals surface area (Å²) in [6.45, 7) is 0.386. The molecule has 0 heterocycles. The third-order valence-corrected chi connectivity index (χ3v) is 3.44. The van der Waals surface area contributed by atoms with Gasteiger partial charge in [0.1, 0.15) is 5.82 Å². The van der Waals surface area contributed by atoms with Crippen LogP contribution in [0.5, 0.6) is 0 Å². The number of hydrogen-bond donors (Lipinski definition) is 2. The fourth-order valence-corrected chi connectivity index (χ4v) is 2.35. The van der Waals surface area contributed by atoms with Crippen molar-refractivity contribution in [1.29, 1.82) is 0 Å². The molecule has 1 unspecified atom stereocenters. The first-order valence-corrected chi connectivity index (χ1v) is 6.47. The standard InChI is InChI=1S/C14H14BrFN2/c15-11-6-2-1-5-10(11)14(9-17)18-13-8-4-3-7-12(13)16/h1-8,14,18H,9,17H2. The summed E-state index contributed by atoms with van der Waals surface area (Å²) in [5, 5.41) is 3.12. The second-order valence-corrected chi connectivity index (χ2v) is 4.79. The Morgan fingerprint density at radius 3 is 2.44 bits per heavy atom. The molecular weight excluding hydrogens is 295 g/mol. The highest BCUT2D eigenvalue weighted by atomic mass is 79.9. The van der Waals surface area contributed by atoms with E-state index in [1.54, 1.807) is 18.2 Å². The molecule has 3 N–H and O–H groups in total. The van der Waals surface area contributed by atoms with Crippen LogP contribution in [0.3, 0.4) is 0 Å². The highest BCUT2D eigenvalue weighted by Gasteiger charge is 2.13. The van der Waals surface area contributed by atoms with E-state index in [0.29, 0.717) is 12.2 Å². The summed E-state index contributed by atoms with van der Waals surface area (Å²) < 4.78 is 14.5. The van der Waals surface area contributed by atoms with Gasteiger partial charge in [-0.15, -0.1) is 0 Å². The van der Waals surface area contributed by atoms with Crippen LogP contribution in [-0.4, -0.2) is 6.54 Å². The monoisotopic (exact) mass is 308 g/mol. The van der Waals surface area contributed by atoms with Crippen LogP contribution in [0.15, 0.2) is 53.0 Å². The molecular formula is C14H14BrFN2. The van der Waals surface area contributed by atoms with E-state index in [4.69, 9.17) is 5.73 Å². The lowest BCUT2D eigenvalue weighted by molar-refractivity contribution is 0.625. The molecule has 0 saturated carbocycles. The first kappa shape index (κ1) is 13.1. The number of halogens is 2. The molecule has 0 aliphatic heterocycles. The lowest BCUT2D eigenvalue weighted by Crippen LogP contribution is -2.21. The Hall–Kier alpha value is -1.39. The first-order chi connectivity index (χ1) is 8.72. The first-order valence-electron chi connectivity index (χ1n) is 5.68. The van der Waals surface area contributed by atoms with Crippen molar-refractivity contribution in [2.45, 2.75) is 6.04 Å². The molecule has 0 spiro atoms. The van der Waals surface area contributed by atoms with Gasteiger partial charge in [-0.2, -0.15) is 0 Å². The summed E-state index contributed by atoms with van der Waals surface area (Å²) in [5.41, 5.74) is 7.24. The predicted octanol–water partition coefficient (Wildman–Crippen LogP) is 3.70. The molecule has 4 heteroatoms. The minimum atomic E-state index is -0.275. The average molecular weight is 309 g/mol. The molecule has 1 atom stereocenters. The van der Waals surface area contributed by atoms with Gasteiger partial charge in [-0.25, -0.2) is 4.39 Å². The van der Waals surface area contributed by atoms with Crippen molar-refractivity contribution in [2.24, 2.45) is 5.73 Å². The topological polar surface area (TPSA) is 38.0 Å². The number of nitrogens with one attached hydrogen (secondary N) is 1. The van der Waals surface area contributed by atoms with E-state index in [0.717, 1.165) is 10.0 Å².